The average molecular weight is 342 g/mol. The van der Waals surface area contributed by atoms with E-state index < -0.39 is 6.04 Å². The Balaban J connectivity index is 1.68. The first-order valence-corrected chi connectivity index (χ1v) is 8.98. The zero-order valence-corrected chi connectivity index (χ0v) is 15.1. The predicted octanol–water partition coefficient (Wildman–Crippen LogP) is 2.88. The highest BCUT2D eigenvalue weighted by atomic mass is 16.5. The molecule has 1 fully saturated rings. The number of amides is 1. The van der Waals surface area contributed by atoms with Crippen molar-refractivity contribution >= 4 is 16.7 Å². The topological polar surface area (TPSA) is 60.3 Å². The maximum atomic E-state index is 12.6. The molecule has 3 atom stereocenters. The van der Waals surface area contributed by atoms with Crippen LogP contribution in [0.25, 0.3) is 10.8 Å². The van der Waals surface area contributed by atoms with E-state index in [0.717, 1.165) is 18.2 Å². The Kier molecular flexibility index (Phi) is 5.23. The van der Waals surface area contributed by atoms with Crippen molar-refractivity contribution in [3.05, 3.63) is 46.9 Å². The van der Waals surface area contributed by atoms with Crippen molar-refractivity contribution in [2.75, 3.05) is 6.54 Å². The molecule has 1 aromatic carbocycles. The molecule has 1 aliphatic heterocycles. The van der Waals surface area contributed by atoms with E-state index in [0.29, 0.717) is 17.8 Å². The second-order valence-corrected chi connectivity index (χ2v) is 7.13. The van der Waals surface area contributed by atoms with Crippen LogP contribution in [0.5, 0.6) is 0 Å². The maximum absolute atomic E-state index is 12.6. The first-order chi connectivity index (χ1) is 12.0. The number of aromatic nitrogens is 1. The molecule has 5 nitrogen and oxygen atoms in total. The second-order valence-electron chi connectivity index (χ2n) is 7.13. The van der Waals surface area contributed by atoms with Gasteiger partial charge in [-0.25, -0.2) is 0 Å². The van der Waals surface area contributed by atoms with Gasteiger partial charge in [0, 0.05) is 18.1 Å². The van der Waals surface area contributed by atoms with Crippen LogP contribution in [0.15, 0.2) is 41.3 Å². The summed E-state index contributed by atoms with van der Waals surface area (Å²) >= 11 is 0. The van der Waals surface area contributed by atoms with Crippen molar-refractivity contribution in [3.8, 4) is 0 Å². The maximum Gasteiger partial charge on any atom is 0.259 e. The molecule has 0 aliphatic carbocycles. The van der Waals surface area contributed by atoms with Crippen LogP contribution >= 0.6 is 0 Å². The van der Waals surface area contributed by atoms with Crippen LogP contribution < -0.4 is 10.9 Å². The molecule has 0 bridgehead atoms. The van der Waals surface area contributed by atoms with Gasteiger partial charge in [0.2, 0.25) is 5.91 Å². The summed E-state index contributed by atoms with van der Waals surface area (Å²) < 4.78 is 7.25. The highest BCUT2D eigenvalue weighted by molar-refractivity contribution is 5.83. The van der Waals surface area contributed by atoms with Crippen molar-refractivity contribution in [1.29, 1.82) is 0 Å². The number of carbonyl (C=O) groups is 1. The van der Waals surface area contributed by atoms with Crippen LogP contribution in [0.4, 0.5) is 0 Å². The quantitative estimate of drug-likeness (QED) is 0.929. The standard InChI is InChI=1S/C20H26N2O3/c1-13-10-16(11-14(2)25-13)12-21-19(23)15(3)22-9-8-17-6-4-5-7-18(17)20(22)24/h4-9,13-16H,10-12H2,1-3H3,(H,21,23). The highest BCUT2D eigenvalue weighted by Gasteiger charge is 2.25. The van der Waals surface area contributed by atoms with Crippen LogP contribution in [-0.4, -0.2) is 29.2 Å². The van der Waals surface area contributed by atoms with Crippen molar-refractivity contribution in [2.24, 2.45) is 5.92 Å². The van der Waals surface area contributed by atoms with Crippen molar-refractivity contribution < 1.29 is 9.53 Å². The molecule has 0 radical (unpaired) electrons. The lowest BCUT2D eigenvalue weighted by Crippen LogP contribution is -2.40. The number of benzene rings is 1. The number of nitrogens with one attached hydrogen (secondary N) is 1. The second kappa shape index (κ2) is 7.40. The van der Waals surface area contributed by atoms with Crippen LogP contribution in [0.3, 0.4) is 0 Å². The van der Waals surface area contributed by atoms with Gasteiger partial charge in [-0.1, -0.05) is 18.2 Å². The molecule has 1 aliphatic rings. The summed E-state index contributed by atoms with van der Waals surface area (Å²) in [5.41, 5.74) is -0.130. The van der Waals surface area contributed by atoms with Crippen LogP contribution in [0.2, 0.25) is 0 Å². The zero-order chi connectivity index (χ0) is 18.0. The minimum Gasteiger partial charge on any atom is -0.376 e. The molecule has 0 spiro atoms. The molecular weight excluding hydrogens is 316 g/mol. The van der Waals surface area contributed by atoms with Gasteiger partial charge in [0.05, 0.1) is 12.2 Å². The van der Waals surface area contributed by atoms with Crippen LogP contribution in [0.1, 0.15) is 39.7 Å². The first kappa shape index (κ1) is 17.7. The third kappa shape index (κ3) is 3.93. The summed E-state index contributed by atoms with van der Waals surface area (Å²) in [6, 6.07) is 8.78. The smallest absolute Gasteiger partial charge is 0.259 e. The lowest BCUT2D eigenvalue weighted by atomic mass is 9.92. The van der Waals surface area contributed by atoms with Gasteiger partial charge in [0.15, 0.2) is 0 Å². The molecule has 1 N–H and O–H groups in total. The normalized spacial score (nSPS) is 24.8. The van der Waals surface area contributed by atoms with E-state index in [4.69, 9.17) is 4.74 Å². The third-order valence-electron chi connectivity index (χ3n) is 5.00. The molecule has 3 rings (SSSR count). The number of fused-ring (bicyclic) bond motifs is 1. The number of pyridine rings is 1. The zero-order valence-electron chi connectivity index (χ0n) is 15.1. The van der Waals surface area contributed by atoms with E-state index in [1.54, 1.807) is 19.2 Å². The Morgan fingerprint density at radius 3 is 2.64 bits per heavy atom. The van der Waals surface area contributed by atoms with Gasteiger partial charge in [-0.05, 0) is 57.0 Å². The van der Waals surface area contributed by atoms with E-state index in [-0.39, 0.29) is 23.7 Å². The fourth-order valence-corrected chi connectivity index (χ4v) is 3.74. The molecule has 1 aromatic heterocycles. The Bertz CT molecular complexity index is 804. The highest BCUT2D eigenvalue weighted by Crippen LogP contribution is 2.24. The van der Waals surface area contributed by atoms with E-state index in [9.17, 15) is 9.59 Å². The number of ether oxygens (including phenoxy) is 1. The van der Waals surface area contributed by atoms with Gasteiger partial charge in [-0.3, -0.25) is 9.59 Å². The minimum absolute atomic E-state index is 0.121. The fraction of sp³-hybridized carbons (Fsp3) is 0.500. The number of rotatable bonds is 4. The summed E-state index contributed by atoms with van der Waals surface area (Å²) in [6.45, 7) is 6.54. The average Bonchev–Trinajstić information content (AvgIpc) is 2.59. The Hall–Kier alpha value is -2.14. The monoisotopic (exact) mass is 342 g/mol. The fourth-order valence-electron chi connectivity index (χ4n) is 3.74. The molecule has 1 amide bonds. The molecule has 1 saturated heterocycles. The van der Waals surface area contributed by atoms with Gasteiger partial charge in [-0.15, -0.1) is 0 Å². The molecule has 3 unspecified atom stereocenters. The molecule has 134 valence electrons. The number of carbonyl (C=O) groups excluding carboxylic acids is 1. The molecule has 5 heteroatoms. The Labute approximate surface area is 148 Å². The molecular formula is C20H26N2O3. The van der Waals surface area contributed by atoms with Gasteiger partial charge in [-0.2, -0.15) is 0 Å². The van der Waals surface area contributed by atoms with E-state index in [1.807, 2.05) is 24.3 Å². The molecule has 2 heterocycles. The Morgan fingerprint density at radius 2 is 1.92 bits per heavy atom. The predicted molar refractivity (Wildman–Crippen MR) is 98.7 cm³/mol. The summed E-state index contributed by atoms with van der Waals surface area (Å²) in [6.07, 6.45) is 4.06. The van der Waals surface area contributed by atoms with Crippen LogP contribution in [0, 0.1) is 5.92 Å². The number of hydrogen-bond donors (Lipinski definition) is 1. The van der Waals surface area contributed by atoms with Crippen molar-refractivity contribution in [3.63, 3.8) is 0 Å². The first-order valence-electron chi connectivity index (χ1n) is 8.98. The molecule has 0 saturated carbocycles. The van der Waals surface area contributed by atoms with Gasteiger partial charge >= 0.3 is 0 Å². The number of nitrogens with zero attached hydrogens (tertiary/aromatic N) is 1. The van der Waals surface area contributed by atoms with Crippen molar-refractivity contribution in [1.82, 2.24) is 9.88 Å². The Morgan fingerprint density at radius 1 is 1.24 bits per heavy atom. The van der Waals surface area contributed by atoms with E-state index in [1.165, 1.54) is 4.57 Å². The SMILES string of the molecule is CC1CC(CNC(=O)C(C)n2ccc3ccccc3c2=O)CC(C)O1. The minimum atomic E-state index is -0.535. The largest absolute Gasteiger partial charge is 0.376 e. The third-order valence-corrected chi connectivity index (χ3v) is 5.00. The summed E-state index contributed by atoms with van der Waals surface area (Å²) in [5.74, 6) is 0.299. The van der Waals surface area contributed by atoms with E-state index in [2.05, 4.69) is 19.2 Å². The van der Waals surface area contributed by atoms with Crippen LogP contribution in [-0.2, 0) is 9.53 Å². The summed E-state index contributed by atoms with van der Waals surface area (Å²) in [5, 5.41) is 4.54. The van der Waals surface area contributed by atoms with E-state index >= 15 is 0 Å². The lowest BCUT2D eigenvalue weighted by Gasteiger charge is -2.32. The van der Waals surface area contributed by atoms with Gasteiger partial charge in [0.1, 0.15) is 6.04 Å². The molecule has 2 aromatic rings. The lowest BCUT2D eigenvalue weighted by molar-refractivity contribution is -0.124. The summed E-state index contributed by atoms with van der Waals surface area (Å²) in [4.78, 5) is 25.2. The van der Waals surface area contributed by atoms with Gasteiger partial charge in [0.25, 0.3) is 5.56 Å². The summed E-state index contributed by atoms with van der Waals surface area (Å²) in [7, 11) is 0. The van der Waals surface area contributed by atoms with Gasteiger partial charge < -0.3 is 14.6 Å². The number of hydrogen-bond acceptors (Lipinski definition) is 3. The van der Waals surface area contributed by atoms with Crippen molar-refractivity contribution in [2.45, 2.75) is 51.9 Å². The molecule has 25 heavy (non-hydrogen) atoms.